The second-order valence-corrected chi connectivity index (χ2v) is 8.91. The number of pyridine rings is 1. The fourth-order valence-electron chi connectivity index (χ4n) is 4.19. The number of nitrogens with zero attached hydrogens (tertiary/aromatic N) is 2. The lowest BCUT2D eigenvalue weighted by Gasteiger charge is -2.22. The summed E-state index contributed by atoms with van der Waals surface area (Å²) < 4.78 is 0. The van der Waals surface area contributed by atoms with E-state index in [1.807, 2.05) is 18.2 Å². The number of nitriles is 1. The Kier molecular flexibility index (Phi) is 9.05. The molecule has 0 bridgehead atoms. The van der Waals surface area contributed by atoms with Crippen molar-refractivity contribution in [1.82, 2.24) is 15.8 Å². The summed E-state index contributed by atoms with van der Waals surface area (Å²) in [5.41, 5.74) is 5.84. The predicted octanol–water partition coefficient (Wildman–Crippen LogP) is 4.88. The molecule has 4 rings (SSSR count). The number of nitrogens with one attached hydrogen (secondary N) is 4. The maximum atomic E-state index is 12.7. The van der Waals surface area contributed by atoms with Crippen molar-refractivity contribution in [2.45, 2.75) is 51.3 Å². The van der Waals surface area contributed by atoms with E-state index in [-0.39, 0.29) is 24.6 Å². The topological polar surface area (TPSA) is 128 Å². The zero-order chi connectivity index (χ0) is 25.9. The van der Waals surface area contributed by atoms with E-state index in [1.165, 1.54) is 6.42 Å². The van der Waals surface area contributed by atoms with Crippen LogP contribution >= 0.6 is 0 Å². The summed E-state index contributed by atoms with van der Waals surface area (Å²) in [6.45, 7) is 0.603. The van der Waals surface area contributed by atoms with Gasteiger partial charge in [0, 0.05) is 24.5 Å². The molecule has 9 nitrogen and oxygen atoms in total. The number of benzene rings is 2. The third-order valence-corrected chi connectivity index (χ3v) is 6.15. The highest BCUT2D eigenvalue weighted by atomic mass is 16.6. The second-order valence-electron chi connectivity index (χ2n) is 8.91. The van der Waals surface area contributed by atoms with Crippen LogP contribution in [0.4, 0.5) is 16.3 Å². The lowest BCUT2D eigenvalue weighted by molar-refractivity contribution is 0.0234. The molecule has 1 aromatic heterocycles. The number of urea groups is 1. The monoisotopic (exact) mass is 498 g/mol. The summed E-state index contributed by atoms with van der Waals surface area (Å²) in [6.07, 6.45) is 7.19. The minimum Gasteiger partial charge on any atom is -0.380 e. The number of amides is 3. The molecule has 9 heteroatoms. The van der Waals surface area contributed by atoms with Gasteiger partial charge in [-0.25, -0.2) is 15.3 Å². The van der Waals surface area contributed by atoms with Crippen molar-refractivity contribution in [2.75, 3.05) is 10.6 Å². The number of aromatic nitrogens is 1. The van der Waals surface area contributed by atoms with Crippen LogP contribution in [0.5, 0.6) is 0 Å². The Labute approximate surface area is 216 Å². The molecule has 3 aromatic rings. The van der Waals surface area contributed by atoms with Crippen molar-refractivity contribution in [2.24, 2.45) is 0 Å². The molecule has 37 heavy (non-hydrogen) atoms. The van der Waals surface area contributed by atoms with Gasteiger partial charge in [0.05, 0.1) is 23.8 Å². The van der Waals surface area contributed by atoms with Gasteiger partial charge in [0.15, 0.2) is 0 Å². The molecule has 1 aliphatic carbocycles. The molecule has 0 radical (unpaired) electrons. The summed E-state index contributed by atoms with van der Waals surface area (Å²) in [4.78, 5) is 34.7. The number of hydroxylamine groups is 1. The first-order valence-electron chi connectivity index (χ1n) is 12.4. The molecule has 0 aliphatic heterocycles. The first-order chi connectivity index (χ1) is 18.1. The van der Waals surface area contributed by atoms with E-state index < -0.39 is 0 Å². The van der Waals surface area contributed by atoms with Crippen molar-refractivity contribution in [1.29, 1.82) is 5.26 Å². The first kappa shape index (κ1) is 25.7. The van der Waals surface area contributed by atoms with Crippen LogP contribution in [0.15, 0.2) is 66.9 Å². The van der Waals surface area contributed by atoms with Crippen molar-refractivity contribution < 1.29 is 14.4 Å². The van der Waals surface area contributed by atoms with E-state index in [1.54, 1.807) is 48.7 Å². The van der Waals surface area contributed by atoms with E-state index in [0.29, 0.717) is 29.2 Å². The van der Waals surface area contributed by atoms with Gasteiger partial charge in [-0.1, -0.05) is 43.5 Å². The van der Waals surface area contributed by atoms with Gasteiger partial charge in [-0.2, -0.15) is 5.26 Å². The Balaban J connectivity index is 1.29. The maximum absolute atomic E-state index is 12.7. The standard InChI is InChI=1S/C28H30N6O3/c29-17-20-10-12-21(13-11-20)19-37-34-27(35)24-8-4-5-9-25(24)31-18-22-14-15-30-26(16-22)33-28(36)32-23-6-2-1-3-7-23/h4-5,8-16,23,31H,1-3,6-7,18-19H2,(H,34,35)(H2,30,32,33,36). The summed E-state index contributed by atoms with van der Waals surface area (Å²) in [5.74, 6) is 0.0862. The predicted molar refractivity (Wildman–Crippen MR) is 140 cm³/mol. The maximum Gasteiger partial charge on any atom is 0.320 e. The van der Waals surface area contributed by atoms with E-state index >= 15 is 0 Å². The Morgan fingerprint density at radius 1 is 1.00 bits per heavy atom. The van der Waals surface area contributed by atoms with Gasteiger partial charge in [-0.3, -0.25) is 14.9 Å². The average molecular weight is 499 g/mol. The quantitative estimate of drug-likeness (QED) is 0.311. The molecule has 190 valence electrons. The first-order valence-corrected chi connectivity index (χ1v) is 12.4. The van der Waals surface area contributed by atoms with Gasteiger partial charge in [0.1, 0.15) is 5.82 Å². The second kappa shape index (κ2) is 13.0. The van der Waals surface area contributed by atoms with Crippen molar-refractivity contribution in [3.05, 3.63) is 89.1 Å². The smallest absolute Gasteiger partial charge is 0.320 e. The summed E-state index contributed by atoms with van der Waals surface area (Å²) >= 11 is 0. The van der Waals surface area contributed by atoms with Crippen LogP contribution in [0.1, 0.15) is 59.2 Å². The summed E-state index contributed by atoms with van der Waals surface area (Å²) in [6, 6.07) is 19.8. The van der Waals surface area contributed by atoms with Crippen LogP contribution in [0.3, 0.4) is 0 Å². The zero-order valence-corrected chi connectivity index (χ0v) is 20.5. The molecule has 4 N–H and O–H groups in total. The summed E-state index contributed by atoms with van der Waals surface area (Å²) in [7, 11) is 0. The van der Waals surface area contributed by atoms with Gasteiger partial charge < -0.3 is 10.6 Å². The molecule has 0 atom stereocenters. The van der Waals surface area contributed by atoms with Crippen LogP contribution in [-0.4, -0.2) is 23.0 Å². The fraction of sp³-hybridized carbons (Fsp3) is 0.286. The number of carbonyl (C=O) groups excluding carboxylic acids is 2. The SMILES string of the molecule is N#Cc1ccc(CONC(=O)c2ccccc2NCc2ccnc(NC(=O)NC3CCCCC3)c2)cc1. The van der Waals surface area contributed by atoms with Gasteiger partial charge in [-0.15, -0.1) is 0 Å². The number of hydrogen-bond donors (Lipinski definition) is 4. The molecule has 2 aromatic carbocycles. The van der Waals surface area contributed by atoms with E-state index in [0.717, 1.165) is 36.8 Å². The highest BCUT2D eigenvalue weighted by molar-refractivity contribution is 5.99. The molecular weight excluding hydrogens is 468 g/mol. The Hall–Kier alpha value is -4.42. The number of rotatable bonds is 9. The highest BCUT2D eigenvalue weighted by Crippen LogP contribution is 2.19. The zero-order valence-electron chi connectivity index (χ0n) is 20.5. The number of carbonyl (C=O) groups is 2. The van der Waals surface area contributed by atoms with E-state index in [2.05, 4.69) is 32.5 Å². The number of para-hydroxylation sites is 1. The van der Waals surface area contributed by atoms with Crippen LogP contribution in [-0.2, 0) is 18.0 Å². The van der Waals surface area contributed by atoms with Gasteiger partial charge >= 0.3 is 6.03 Å². The minimum absolute atomic E-state index is 0.175. The van der Waals surface area contributed by atoms with Crippen LogP contribution < -0.4 is 21.4 Å². The molecule has 3 amide bonds. The number of anilines is 2. The van der Waals surface area contributed by atoms with E-state index in [9.17, 15) is 9.59 Å². The third-order valence-electron chi connectivity index (χ3n) is 6.15. The van der Waals surface area contributed by atoms with Crippen LogP contribution in [0, 0.1) is 11.3 Å². The average Bonchev–Trinajstić information content (AvgIpc) is 2.93. The molecular formula is C28H30N6O3. The van der Waals surface area contributed by atoms with Crippen molar-refractivity contribution in [3.63, 3.8) is 0 Å². The largest absolute Gasteiger partial charge is 0.380 e. The molecule has 0 spiro atoms. The van der Waals surface area contributed by atoms with Crippen molar-refractivity contribution >= 4 is 23.4 Å². The molecule has 1 aliphatic rings. The lowest BCUT2D eigenvalue weighted by Crippen LogP contribution is -2.39. The Morgan fingerprint density at radius 3 is 2.57 bits per heavy atom. The van der Waals surface area contributed by atoms with Gasteiger partial charge in [0.2, 0.25) is 0 Å². The minimum atomic E-state index is -0.381. The van der Waals surface area contributed by atoms with Crippen molar-refractivity contribution in [3.8, 4) is 6.07 Å². The molecule has 1 heterocycles. The molecule has 1 fully saturated rings. The fourth-order valence-corrected chi connectivity index (χ4v) is 4.19. The number of hydrogen-bond acceptors (Lipinski definition) is 6. The highest BCUT2D eigenvalue weighted by Gasteiger charge is 2.16. The third kappa shape index (κ3) is 7.78. The van der Waals surface area contributed by atoms with E-state index in [4.69, 9.17) is 10.1 Å². The summed E-state index contributed by atoms with van der Waals surface area (Å²) in [5, 5.41) is 18.0. The Morgan fingerprint density at radius 2 is 1.78 bits per heavy atom. The van der Waals surface area contributed by atoms with Gasteiger partial charge in [-0.05, 0) is 60.4 Å². The van der Waals surface area contributed by atoms with Crippen LogP contribution in [0.25, 0.3) is 0 Å². The Bertz CT molecular complexity index is 1250. The lowest BCUT2D eigenvalue weighted by atomic mass is 9.96. The normalized spacial score (nSPS) is 13.3. The van der Waals surface area contributed by atoms with Crippen LogP contribution in [0.2, 0.25) is 0 Å². The molecule has 1 saturated carbocycles. The van der Waals surface area contributed by atoms with Gasteiger partial charge in [0.25, 0.3) is 5.91 Å². The molecule has 0 saturated heterocycles. The molecule has 0 unspecified atom stereocenters.